The second-order valence-electron chi connectivity index (χ2n) is 5.88. The van der Waals surface area contributed by atoms with Gasteiger partial charge in [-0.1, -0.05) is 12.1 Å². The summed E-state index contributed by atoms with van der Waals surface area (Å²) in [4.78, 5) is 24.2. The molecule has 0 fully saturated rings. The summed E-state index contributed by atoms with van der Waals surface area (Å²) in [6.07, 6.45) is -0.746. The number of allylic oxidation sites excluding steroid dienone is 1. The first-order chi connectivity index (χ1) is 12.9. The molecular formula is C19H24N2O5S. The molecule has 1 aromatic carbocycles. The van der Waals surface area contributed by atoms with Crippen molar-refractivity contribution in [3.8, 4) is 5.75 Å². The lowest BCUT2D eigenvalue weighted by Gasteiger charge is -2.30. The van der Waals surface area contributed by atoms with Crippen LogP contribution in [0.1, 0.15) is 39.3 Å². The Kier molecular flexibility index (Phi) is 7.18. The number of carbonyl (C=O) groups is 2. The van der Waals surface area contributed by atoms with Crippen LogP contribution in [-0.2, 0) is 19.1 Å². The summed E-state index contributed by atoms with van der Waals surface area (Å²) in [5.41, 5.74) is 1.84. The van der Waals surface area contributed by atoms with Gasteiger partial charge < -0.3 is 24.8 Å². The average molecular weight is 392 g/mol. The number of benzene rings is 1. The Balaban J connectivity index is 2.30. The normalized spacial score (nSPS) is 17.5. The van der Waals surface area contributed by atoms with E-state index in [1.165, 1.54) is 0 Å². The molecule has 1 aliphatic rings. The minimum atomic E-state index is -0.746. The van der Waals surface area contributed by atoms with Crippen molar-refractivity contribution in [3.05, 3.63) is 41.1 Å². The zero-order chi connectivity index (χ0) is 20.0. The van der Waals surface area contributed by atoms with E-state index in [2.05, 4.69) is 10.6 Å². The van der Waals surface area contributed by atoms with Crippen molar-refractivity contribution in [2.75, 3.05) is 13.2 Å². The van der Waals surface area contributed by atoms with Crippen LogP contribution in [0.3, 0.4) is 0 Å². The summed E-state index contributed by atoms with van der Waals surface area (Å²) >= 11 is 5.23. The van der Waals surface area contributed by atoms with Crippen LogP contribution < -0.4 is 15.4 Å². The van der Waals surface area contributed by atoms with Gasteiger partial charge in [0.2, 0.25) is 0 Å². The first-order valence-corrected chi connectivity index (χ1v) is 9.16. The van der Waals surface area contributed by atoms with Crippen molar-refractivity contribution in [3.63, 3.8) is 0 Å². The van der Waals surface area contributed by atoms with Crippen LogP contribution in [-0.4, -0.2) is 36.4 Å². The van der Waals surface area contributed by atoms with Crippen LogP contribution in [0.5, 0.6) is 5.75 Å². The minimum absolute atomic E-state index is 0.271. The molecule has 0 bridgehead atoms. The molecule has 0 unspecified atom stereocenters. The van der Waals surface area contributed by atoms with Gasteiger partial charge in [0.1, 0.15) is 5.75 Å². The third-order valence-electron chi connectivity index (χ3n) is 3.89. The molecule has 146 valence electrons. The topological polar surface area (TPSA) is 85.9 Å². The fourth-order valence-corrected chi connectivity index (χ4v) is 2.97. The van der Waals surface area contributed by atoms with E-state index in [9.17, 15) is 9.59 Å². The molecule has 2 atom stereocenters. The Morgan fingerprint density at radius 3 is 2.59 bits per heavy atom. The van der Waals surface area contributed by atoms with Gasteiger partial charge in [-0.3, -0.25) is 0 Å². The molecule has 7 nitrogen and oxygen atoms in total. The van der Waals surface area contributed by atoms with Crippen molar-refractivity contribution >= 4 is 29.3 Å². The van der Waals surface area contributed by atoms with Crippen LogP contribution in [0, 0.1) is 0 Å². The summed E-state index contributed by atoms with van der Waals surface area (Å²) in [5.74, 6) is -0.374. The van der Waals surface area contributed by atoms with E-state index in [4.69, 9.17) is 26.4 Å². The molecule has 0 amide bonds. The molecule has 0 spiro atoms. The Bertz CT molecular complexity index is 762. The van der Waals surface area contributed by atoms with E-state index in [1.807, 2.05) is 6.07 Å². The summed E-state index contributed by atoms with van der Waals surface area (Å²) in [6, 6.07) is 6.64. The predicted molar refractivity (Wildman–Crippen MR) is 104 cm³/mol. The van der Waals surface area contributed by atoms with Crippen LogP contribution in [0.2, 0.25) is 0 Å². The van der Waals surface area contributed by atoms with Gasteiger partial charge in [-0.25, -0.2) is 9.59 Å². The van der Waals surface area contributed by atoms with Crippen molar-refractivity contribution in [1.82, 2.24) is 10.6 Å². The average Bonchev–Trinajstić information content (AvgIpc) is 2.61. The second kappa shape index (κ2) is 9.36. The molecule has 27 heavy (non-hydrogen) atoms. The number of rotatable bonds is 7. The van der Waals surface area contributed by atoms with E-state index in [0.717, 1.165) is 5.56 Å². The lowest BCUT2D eigenvalue weighted by molar-refractivity contribution is -0.150. The standard InChI is InChI=1S/C19H24N2O5S/c1-5-24-17(22)12(4)26-14-9-7-8-13(10-14)16-15(18(23)25-6-2)11(3)20-19(27)21-16/h7-10,12,16H,5-6H2,1-4H3,(H2,20,21,27)/t12-,16-/m0/s1. The van der Waals surface area contributed by atoms with Crippen molar-refractivity contribution in [1.29, 1.82) is 0 Å². The van der Waals surface area contributed by atoms with Gasteiger partial charge >= 0.3 is 11.9 Å². The summed E-state index contributed by atoms with van der Waals surface area (Å²) in [5, 5.41) is 6.46. The van der Waals surface area contributed by atoms with E-state index < -0.39 is 24.1 Å². The third kappa shape index (κ3) is 5.19. The maximum atomic E-state index is 12.4. The summed E-state index contributed by atoms with van der Waals surface area (Å²) < 4.78 is 15.8. The van der Waals surface area contributed by atoms with Crippen LogP contribution in [0.4, 0.5) is 0 Å². The molecule has 0 radical (unpaired) electrons. The van der Waals surface area contributed by atoms with Crippen molar-refractivity contribution in [2.45, 2.75) is 39.8 Å². The predicted octanol–water partition coefficient (Wildman–Crippen LogP) is 2.37. The van der Waals surface area contributed by atoms with Crippen molar-refractivity contribution in [2.24, 2.45) is 0 Å². The zero-order valence-electron chi connectivity index (χ0n) is 15.8. The van der Waals surface area contributed by atoms with Crippen LogP contribution in [0.15, 0.2) is 35.5 Å². The molecule has 2 rings (SSSR count). The number of hydrogen-bond donors (Lipinski definition) is 2. The number of hydrogen-bond acceptors (Lipinski definition) is 6. The Morgan fingerprint density at radius 1 is 1.22 bits per heavy atom. The highest BCUT2D eigenvalue weighted by Crippen LogP contribution is 2.30. The maximum Gasteiger partial charge on any atom is 0.347 e. The zero-order valence-corrected chi connectivity index (χ0v) is 16.6. The number of ether oxygens (including phenoxy) is 3. The second-order valence-corrected chi connectivity index (χ2v) is 6.28. The molecule has 0 saturated heterocycles. The number of thiocarbonyl (C=S) groups is 1. The lowest BCUT2D eigenvalue weighted by atomic mass is 9.95. The van der Waals surface area contributed by atoms with Crippen molar-refractivity contribution < 1.29 is 23.8 Å². The van der Waals surface area contributed by atoms with Gasteiger partial charge in [0.05, 0.1) is 24.8 Å². The molecular weight excluding hydrogens is 368 g/mol. The maximum absolute atomic E-state index is 12.4. The van der Waals surface area contributed by atoms with Gasteiger partial charge in [0.15, 0.2) is 11.2 Å². The van der Waals surface area contributed by atoms with Crippen LogP contribution in [0.25, 0.3) is 0 Å². The monoisotopic (exact) mass is 392 g/mol. The van der Waals surface area contributed by atoms with Crippen LogP contribution >= 0.6 is 12.2 Å². The number of esters is 2. The highest BCUT2D eigenvalue weighted by Gasteiger charge is 2.31. The van der Waals surface area contributed by atoms with Gasteiger partial charge in [0.25, 0.3) is 0 Å². The Hall–Kier alpha value is -2.61. The molecule has 2 N–H and O–H groups in total. The summed E-state index contributed by atoms with van der Waals surface area (Å²) in [7, 11) is 0. The first-order valence-electron chi connectivity index (χ1n) is 8.76. The minimum Gasteiger partial charge on any atom is -0.479 e. The quantitative estimate of drug-likeness (QED) is 0.540. The van der Waals surface area contributed by atoms with Gasteiger partial charge in [-0.15, -0.1) is 0 Å². The number of carbonyl (C=O) groups excluding carboxylic acids is 2. The molecule has 1 heterocycles. The third-order valence-corrected chi connectivity index (χ3v) is 4.11. The Morgan fingerprint density at radius 2 is 1.93 bits per heavy atom. The molecule has 0 saturated carbocycles. The van der Waals surface area contributed by atoms with Gasteiger partial charge in [-0.2, -0.15) is 0 Å². The van der Waals surface area contributed by atoms with E-state index >= 15 is 0 Å². The van der Waals surface area contributed by atoms with Gasteiger partial charge in [-0.05, 0) is 57.6 Å². The van der Waals surface area contributed by atoms with E-state index in [1.54, 1.807) is 45.9 Å². The highest BCUT2D eigenvalue weighted by atomic mass is 32.1. The Labute approximate surface area is 164 Å². The smallest absolute Gasteiger partial charge is 0.347 e. The fraction of sp³-hybridized carbons (Fsp3) is 0.421. The summed E-state index contributed by atoms with van der Waals surface area (Å²) in [6.45, 7) is 7.44. The lowest BCUT2D eigenvalue weighted by Crippen LogP contribution is -2.45. The van der Waals surface area contributed by atoms with Gasteiger partial charge in [0, 0.05) is 5.70 Å². The molecule has 0 aliphatic carbocycles. The fourth-order valence-electron chi connectivity index (χ4n) is 2.70. The van der Waals surface area contributed by atoms with E-state index in [0.29, 0.717) is 22.1 Å². The molecule has 1 aromatic rings. The van der Waals surface area contributed by atoms with E-state index in [-0.39, 0.29) is 13.2 Å². The highest BCUT2D eigenvalue weighted by molar-refractivity contribution is 7.80. The molecule has 1 aliphatic heterocycles. The number of nitrogens with one attached hydrogen (secondary N) is 2. The first kappa shape index (κ1) is 20.7. The molecule has 8 heteroatoms. The molecule has 0 aromatic heterocycles. The largest absolute Gasteiger partial charge is 0.479 e. The SMILES string of the molecule is CCOC(=O)C1=C(C)NC(=S)N[C@H]1c1cccc(O[C@@H](C)C(=O)OCC)c1.